The summed E-state index contributed by atoms with van der Waals surface area (Å²) in [6.07, 6.45) is 0.216. The molecular weight excluding hydrogens is 278 g/mol. The van der Waals surface area contributed by atoms with Crippen molar-refractivity contribution in [2.75, 3.05) is 33.5 Å². The monoisotopic (exact) mass is 301 g/mol. The standard InChI is InChI=1S/C15H24ClNO3/c1-12(2)19-9-10-20-15-6-4-5-14(16)13(15)11-17-7-8-18-3/h4-6,12,17H,7-11H2,1-3H3. The first-order chi connectivity index (χ1) is 9.65. The van der Waals surface area contributed by atoms with Gasteiger partial charge in [0.25, 0.3) is 0 Å². The zero-order chi connectivity index (χ0) is 14.8. The second-order valence-electron chi connectivity index (χ2n) is 4.65. The lowest BCUT2D eigenvalue weighted by Crippen LogP contribution is -2.19. The Morgan fingerprint density at radius 3 is 2.70 bits per heavy atom. The Kier molecular flexibility index (Phi) is 8.62. The maximum Gasteiger partial charge on any atom is 0.125 e. The van der Waals surface area contributed by atoms with Crippen LogP contribution in [0.5, 0.6) is 5.75 Å². The van der Waals surface area contributed by atoms with Gasteiger partial charge in [-0.3, -0.25) is 0 Å². The molecule has 0 aliphatic heterocycles. The second kappa shape index (κ2) is 10.00. The number of benzene rings is 1. The molecule has 0 radical (unpaired) electrons. The molecule has 0 aliphatic rings. The third-order valence-corrected chi connectivity index (χ3v) is 3.01. The highest BCUT2D eigenvalue weighted by molar-refractivity contribution is 6.31. The van der Waals surface area contributed by atoms with Gasteiger partial charge in [0.05, 0.1) is 19.3 Å². The summed E-state index contributed by atoms with van der Waals surface area (Å²) in [7, 11) is 1.68. The van der Waals surface area contributed by atoms with E-state index in [0.717, 1.165) is 17.9 Å². The van der Waals surface area contributed by atoms with Crippen LogP contribution in [0.2, 0.25) is 5.02 Å². The Labute approximate surface area is 126 Å². The fourth-order valence-electron chi connectivity index (χ4n) is 1.67. The maximum atomic E-state index is 6.22. The molecule has 0 spiro atoms. The van der Waals surface area contributed by atoms with Crippen molar-refractivity contribution in [3.8, 4) is 5.75 Å². The van der Waals surface area contributed by atoms with Crippen LogP contribution in [0.1, 0.15) is 19.4 Å². The van der Waals surface area contributed by atoms with Crippen molar-refractivity contribution in [3.63, 3.8) is 0 Å². The van der Waals surface area contributed by atoms with Crippen molar-refractivity contribution in [3.05, 3.63) is 28.8 Å². The van der Waals surface area contributed by atoms with E-state index in [1.165, 1.54) is 0 Å². The molecule has 0 aromatic heterocycles. The fraction of sp³-hybridized carbons (Fsp3) is 0.600. The Balaban J connectivity index is 2.49. The van der Waals surface area contributed by atoms with Crippen LogP contribution in [-0.2, 0) is 16.0 Å². The van der Waals surface area contributed by atoms with E-state index in [4.69, 9.17) is 25.8 Å². The molecule has 1 aromatic carbocycles. The zero-order valence-corrected chi connectivity index (χ0v) is 13.2. The number of methoxy groups -OCH3 is 1. The predicted molar refractivity (Wildman–Crippen MR) is 81.6 cm³/mol. The molecule has 1 aromatic rings. The third-order valence-electron chi connectivity index (χ3n) is 2.65. The molecule has 0 unspecified atom stereocenters. The number of halogens is 1. The summed E-state index contributed by atoms with van der Waals surface area (Å²) in [5.74, 6) is 0.801. The summed E-state index contributed by atoms with van der Waals surface area (Å²) in [6, 6.07) is 5.68. The molecule has 0 saturated carbocycles. The van der Waals surface area contributed by atoms with Gasteiger partial charge in [0, 0.05) is 30.8 Å². The van der Waals surface area contributed by atoms with E-state index >= 15 is 0 Å². The first kappa shape index (κ1) is 17.2. The van der Waals surface area contributed by atoms with Crippen molar-refractivity contribution < 1.29 is 14.2 Å². The lowest BCUT2D eigenvalue weighted by atomic mass is 10.2. The van der Waals surface area contributed by atoms with E-state index in [1.54, 1.807) is 7.11 Å². The summed E-state index contributed by atoms with van der Waals surface area (Å²) in [6.45, 7) is 7.20. The highest BCUT2D eigenvalue weighted by Gasteiger charge is 2.08. The van der Waals surface area contributed by atoms with E-state index in [2.05, 4.69) is 5.32 Å². The zero-order valence-electron chi connectivity index (χ0n) is 12.4. The van der Waals surface area contributed by atoms with E-state index in [9.17, 15) is 0 Å². The molecule has 0 heterocycles. The molecule has 0 saturated heterocycles. The first-order valence-electron chi connectivity index (χ1n) is 6.86. The van der Waals surface area contributed by atoms with E-state index < -0.39 is 0 Å². The van der Waals surface area contributed by atoms with Crippen LogP contribution in [0.15, 0.2) is 18.2 Å². The van der Waals surface area contributed by atoms with Crippen LogP contribution >= 0.6 is 11.6 Å². The molecule has 5 heteroatoms. The molecule has 114 valence electrons. The molecule has 20 heavy (non-hydrogen) atoms. The third kappa shape index (κ3) is 6.57. The van der Waals surface area contributed by atoms with Gasteiger partial charge in [-0.1, -0.05) is 17.7 Å². The largest absolute Gasteiger partial charge is 0.491 e. The summed E-state index contributed by atoms with van der Waals surface area (Å²) >= 11 is 6.22. The van der Waals surface area contributed by atoms with Gasteiger partial charge in [-0.05, 0) is 26.0 Å². The molecule has 0 amide bonds. The van der Waals surface area contributed by atoms with Gasteiger partial charge in [0.1, 0.15) is 12.4 Å². The van der Waals surface area contributed by atoms with Gasteiger partial charge in [0.2, 0.25) is 0 Å². The van der Waals surface area contributed by atoms with Gasteiger partial charge < -0.3 is 19.5 Å². The molecule has 1 rings (SSSR count). The Morgan fingerprint density at radius 2 is 2.00 bits per heavy atom. The van der Waals surface area contributed by atoms with Crippen LogP contribution < -0.4 is 10.1 Å². The van der Waals surface area contributed by atoms with Gasteiger partial charge in [-0.25, -0.2) is 0 Å². The van der Waals surface area contributed by atoms with Crippen LogP contribution in [0.25, 0.3) is 0 Å². The van der Waals surface area contributed by atoms with E-state index in [0.29, 0.717) is 31.4 Å². The van der Waals surface area contributed by atoms with Crippen molar-refractivity contribution in [1.82, 2.24) is 5.32 Å². The molecule has 0 bridgehead atoms. The molecule has 4 nitrogen and oxygen atoms in total. The minimum atomic E-state index is 0.216. The van der Waals surface area contributed by atoms with Crippen LogP contribution in [0, 0.1) is 0 Å². The smallest absolute Gasteiger partial charge is 0.125 e. The average molecular weight is 302 g/mol. The minimum Gasteiger partial charge on any atom is -0.491 e. The molecule has 0 fully saturated rings. The number of hydrogen-bond donors (Lipinski definition) is 1. The van der Waals surface area contributed by atoms with E-state index in [-0.39, 0.29) is 6.10 Å². The molecular formula is C15H24ClNO3. The fourth-order valence-corrected chi connectivity index (χ4v) is 1.90. The highest BCUT2D eigenvalue weighted by Crippen LogP contribution is 2.26. The van der Waals surface area contributed by atoms with Gasteiger partial charge >= 0.3 is 0 Å². The van der Waals surface area contributed by atoms with Crippen LogP contribution in [-0.4, -0.2) is 39.6 Å². The Morgan fingerprint density at radius 1 is 1.20 bits per heavy atom. The van der Waals surface area contributed by atoms with Crippen LogP contribution in [0.3, 0.4) is 0 Å². The number of nitrogens with one attached hydrogen (secondary N) is 1. The average Bonchev–Trinajstić information content (AvgIpc) is 2.41. The summed E-state index contributed by atoms with van der Waals surface area (Å²) in [5, 5.41) is 3.98. The van der Waals surface area contributed by atoms with Crippen molar-refractivity contribution in [2.45, 2.75) is 26.5 Å². The van der Waals surface area contributed by atoms with Crippen molar-refractivity contribution in [1.29, 1.82) is 0 Å². The lowest BCUT2D eigenvalue weighted by molar-refractivity contribution is 0.0550. The normalized spacial score (nSPS) is 11.1. The number of hydrogen-bond acceptors (Lipinski definition) is 4. The number of rotatable bonds is 10. The van der Waals surface area contributed by atoms with Gasteiger partial charge in [-0.15, -0.1) is 0 Å². The van der Waals surface area contributed by atoms with E-state index in [1.807, 2.05) is 32.0 Å². The Bertz CT molecular complexity index is 385. The molecule has 0 atom stereocenters. The van der Waals surface area contributed by atoms with Crippen molar-refractivity contribution >= 4 is 11.6 Å². The SMILES string of the molecule is COCCNCc1c(Cl)cccc1OCCOC(C)C. The van der Waals surface area contributed by atoms with Gasteiger partial charge in [-0.2, -0.15) is 0 Å². The highest BCUT2D eigenvalue weighted by atomic mass is 35.5. The maximum absolute atomic E-state index is 6.22. The topological polar surface area (TPSA) is 39.7 Å². The predicted octanol–water partition coefficient (Wildman–Crippen LogP) is 2.88. The lowest BCUT2D eigenvalue weighted by Gasteiger charge is -2.14. The first-order valence-corrected chi connectivity index (χ1v) is 7.24. The summed E-state index contributed by atoms with van der Waals surface area (Å²) < 4.78 is 16.2. The molecule has 1 N–H and O–H groups in total. The number of ether oxygens (including phenoxy) is 3. The van der Waals surface area contributed by atoms with Crippen molar-refractivity contribution in [2.24, 2.45) is 0 Å². The molecule has 0 aliphatic carbocycles. The minimum absolute atomic E-state index is 0.216. The van der Waals surface area contributed by atoms with Gasteiger partial charge in [0.15, 0.2) is 0 Å². The Hall–Kier alpha value is -0.810. The quantitative estimate of drug-likeness (QED) is 0.675. The van der Waals surface area contributed by atoms with Crippen LogP contribution in [0.4, 0.5) is 0 Å². The summed E-state index contributed by atoms with van der Waals surface area (Å²) in [5.41, 5.74) is 0.967. The second-order valence-corrected chi connectivity index (χ2v) is 5.06. The summed E-state index contributed by atoms with van der Waals surface area (Å²) in [4.78, 5) is 0.